The first kappa shape index (κ1) is 11.9. The fourth-order valence-electron chi connectivity index (χ4n) is 0.937. The maximum Gasteiger partial charge on any atom is 0.231 e. The first-order valence-corrected chi connectivity index (χ1v) is 4.81. The molecule has 6 heteroatoms. The van der Waals surface area contributed by atoms with E-state index in [0.717, 1.165) is 6.07 Å². The zero-order valence-electron chi connectivity index (χ0n) is 7.59. The van der Waals surface area contributed by atoms with Gasteiger partial charge in [0.05, 0.1) is 16.4 Å². The van der Waals surface area contributed by atoms with Crippen molar-refractivity contribution < 1.29 is 9.18 Å². The van der Waals surface area contributed by atoms with E-state index in [4.69, 9.17) is 17.3 Å². The van der Waals surface area contributed by atoms with E-state index in [0.29, 0.717) is 5.69 Å². The Balaban J connectivity index is 2.69. The molecule has 0 aromatic heterocycles. The number of hydrogen-bond donors (Lipinski definition) is 2. The quantitative estimate of drug-likeness (QED) is 0.803. The normalized spacial score (nSPS) is 9.73. The first-order valence-electron chi connectivity index (χ1n) is 4.02. The molecule has 0 aliphatic carbocycles. The monoisotopic (exact) mass is 246 g/mol. The third-order valence-corrected chi connectivity index (χ3v) is 1.99. The lowest BCUT2D eigenvalue weighted by atomic mass is 10.3. The molecule has 1 aromatic carbocycles. The van der Waals surface area contributed by atoms with Crippen LogP contribution >= 0.6 is 23.8 Å². The number of halogens is 2. The molecule has 1 amide bonds. The van der Waals surface area contributed by atoms with Crippen molar-refractivity contribution in [2.75, 3.05) is 5.32 Å². The topological polar surface area (TPSA) is 55.1 Å². The summed E-state index contributed by atoms with van der Waals surface area (Å²) < 4.78 is 13.0. The molecule has 3 nitrogen and oxygen atoms in total. The minimum Gasteiger partial charge on any atom is -0.393 e. The molecule has 0 fully saturated rings. The third-order valence-electron chi connectivity index (χ3n) is 1.54. The van der Waals surface area contributed by atoms with Gasteiger partial charge in [0, 0.05) is 5.69 Å². The van der Waals surface area contributed by atoms with Gasteiger partial charge >= 0.3 is 0 Å². The smallest absolute Gasteiger partial charge is 0.231 e. The van der Waals surface area contributed by atoms with Crippen LogP contribution in [0.25, 0.3) is 0 Å². The Kier molecular flexibility index (Phi) is 3.99. The lowest BCUT2D eigenvalue weighted by Crippen LogP contribution is -2.20. The predicted octanol–water partition coefficient (Wildman–Crippen LogP) is 2.09. The second-order valence-corrected chi connectivity index (χ2v) is 3.75. The van der Waals surface area contributed by atoms with Crippen LogP contribution in [0.15, 0.2) is 18.2 Å². The van der Waals surface area contributed by atoms with Crippen molar-refractivity contribution in [3.63, 3.8) is 0 Å². The van der Waals surface area contributed by atoms with Gasteiger partial charge in [-0.3, -0.25) is 4.79 Å². The van der Waals surface area contributed by atoms with Crippen LogP contribution in [-0.2, 0) is 4.79 Å². The summed E-state index contributed by atoms with van der Waals surface area (Å²) in [6.07, 6.45) is -0.0699. The Morgan fingerprint density at radius 3 is 2.80 bits per heavy atom. The van der Waals surface area contributed by atoms with Gasteiger partial charge in [0.15, 0.2) is 0 Å². The number of thiocarbonyl (C=S) groups is 1. The average Bonchev–Trinajstić information content (AvgIpc) is 2.10. The molecule has 0 bridgehead atoms. The molecule has 0 spiro atoms. The van der Waals surface area contributed by atoms with Gasteiger partial charge in [-0.1, -0.05) is 23.8 Å². The molecule has 0 aliphatic heterocycles. The first-order chi connectivity index (χ1) is 6.99. The highest BCUT2D eigenvalue weighted by atomic mass is 35.5. The fourth-order valence-corrected chi connectivity index (χ4v) is 1.19. The minimum atomic E-state index is -0.593. The highest BCUT2D eigenvalue weighted by Crippen LogP contribution is 2.18. The molecule has 0 heterocycles. The van der Waals surface area contributed by atoms with Crippen molar-refractivity contribution in [1.29, 1.82) is 0 Å². The van der Waals surface area contributed by atoms with Crippen LogP contribution in [0.1, 0.15) is 6.42 Å². The van der Waals surface area contributed by atoms with Crippen molar-refractivity contribution in [3.8, 4) is 0 Å². The molecule has 1 rings (SSSR count). The van der Waals surface area contributed by atoms with Gasteiger partial charge in [0.2, 0.25) is 5.91 Å². The van der Waals surface area contributed by atoms with Gasteiger partial charge in [-0.05, 0) is 18.2 Å². The zero-order chi connectivity index (χ0) is 11.4. The number of anilines is 1. The summed E-state index contributed by atoms with van der Waals surface area (Å²) in [5, 5.41) is 2.44. The van der Waals surface area contributed by atoms with Gasteiger partial charge in [0.1, 0.15) is 5.82 Å². The standard InChI is InChI=1S/C9H8ClFN2OS/c10-6-2-1-5(3-7(6)11)13-9(14)4-8(12)15/h1-3H,4H2,(H2,12,15)(H,13,14). The summed E-state index contributed by atoms with van der Waals surface area (Å²) >= 11 is 10.0. The Hall–Kier alpha value is -1.20. The summed E-state index contributed by atoms with van der Waals surface area (Å²) in [4.78, 5) is 11.3. The van der Waals surface area contributed by atoms with Crippen LogP contribution in [0.3, 0.4) is 0 Å². The summed E-state index contributed by atoms with van der Waals surface area (Å²) in [6.45, 7) is 0. The molecule has 0 unspecified atom stereocenters. The molecule has 15 heavy (non-hydrogen) atoms. The van der Waals surface area contributed by atoms with Crippen LogP contribution in [0.4, 0.5) is 10.1 Å². The molecule has 0 atom stereocenters. The molecule has 0 radical (unpaired) electrons. The van der Waals surface area contributed by atoms with E-state index < -0.39 is 5.82 Å². The summed E-state index contributed by atoms with van der Waals surface area (Å²) in [5.74, 6) is -0.978. The summed E-state index contributed by atoms with van der Waals surface area (Å²) in [7, 11) is 0. The van der Waals surface area contributed by atoms with Gasteiger partial charge in [-0.2, -0.15) is 0 Å². The average molecular weight is 247 g/mol. The lowest BCUT2D eigenvalue weighted by molar-refractivity contribution is -0.115. The number of amides is 1. The SMILES string of the molecule is NC(=S)CC(=O)Nc1ccc(Cl)c(F)c1. The fraction of sp³-hybridized carbons (Fsp3) is 0.111. The van der Waals surface area contributed by atoms with E-state index in [1.165, 1.54) is 12.1 Å². The van der Waals surface area contributed by atoms with E-state index in [9.17, 15) is 9.18 Å². The number of carbonyl (C=O) groups excluding carboxylic acids is 1. The number of hydrogen-bond acceptors (Lipinski definition) is 2. The minimum absolute atomic E-state index is 0.00217. The number of carbonyl (C=O) groups is 1. The number of nitrogens with two attached hydrogens (primary N) is 1. The maximum atomic E-state index is 13.0. The molecule has 1 aromatic rings. The van der Waals surface area contributed by atoms with E-state index in [1.54, 1.807) is 0 Å². The number of rotatable bonds is 3. The Bertz CT molecular complexity index is 411. The maximum absolute atomic E-state index is 13.0. The van der Waals surface area contributed by atoms with Crippen molar-refractivity contribution in [2.45, 2.75) is 6.42 Å². The second kappa shape index (κ2) is 5.04. The molecule has 0 saturated carbocycles. The Labute approximate surface area is 96.4 Å². The second-order valence-electron chi connectivity index (χ2n) is 2.82. The highest BCUT2D eigenvalue weighted by Gasteiger charge is 2.06. The van der Waals surface area contributed by atoms with Crippen molar-refractivity contribution in [3.05, 3.63) is 29.0 Å². The molecular formula is C9H8ClFN2OS. The predicted molar refractivity (Wildman–Crippen MR) is 61.4 cm³/mol. The van der Waals surface area contributed by atoms with Crippen LogP contribution in [0.5, 0.6) is 0 Å². The summed E-state index contributed by atoms with van der Waals surface area (Å²) in [6, 6.07) is 3.97. The zero-order valence-corrected chi connectivity index (χ0v) is 9.16. The van der Waals surface area contributed by atoms with Gasteiger partial charge in [-0.25, -0.2) is 4.39 Å². The van der Waals surface area contributed by atoms with E-state index in [2.05, 4.69) is 17.5 Å². The van der Waals surface area contributed by atoms with Crippen LogP contribution < -0.4 is 11.1 Å². The molecule has 3 N–H and O–H groups in total. The lowest BCUT2D eigenvalue weighted by Gasteiger charge is -2.04. The Morgan fingerprint density at radius 1 is 1.60 bits per heavy atom. The third kappa shape index (κ3) is 3.81. The number of benzene rings is 1. The van der Waals surface area contributed by atoms with Crippen molar-refractivity contribution in [1.82, 2.24) is 0 Å². The van der Waals surface area contributed by atoms with Crippen LogP contribution in [-0.4, -0.2) is 10.9 Å². The largest absolute Gasteiger partial charge is 0.393 e. The van der Waals surface area contributed by atoms with Crippen LogP contribution in [0.2, 0.25) is 5.02 Å². The van der Waals surface area contributed by atoms with E-state index in [1.807, 2.05) is 0 Å². The summed E-state index contributed by atoms with van der Waals surface area (Å²) in [5.41, 5.74) is 5.49. The van der Waals surface area contributed by atoms with Gasteiger partial charge < -0.3 is 11.1 Å². The Morgan fingerprint density at radius 2 is 2.27 bits per heavy atom. The van der Waals surface area contributed by atoms with Crippen molar-refractivity contribution in [2.24, 2.45) is 5.73 Å². The van der Waals surface area contributed by atoms with E-state index in [-0.39, 0.29) is 22.3 Å². The van der Waals surface area contributed by atoms with Gasteiger partial charge in [0.25, 0.3) is 0 Å². The van der Waals surface area contributed by atoms with Crippen molar-refractivity contribution >= 4 is 40.4 Å². The van der Waals surface area contributed by atoms with Gasteiger partial charge in [-0.15, -0.1) is 0 Å². The number of nitrogens with one attached hydrogen (secondary N) is 1. The molecule has 80 valence electrons. The van der Waals surface area contributed by atoms with E-state index >= 15 is 0 Å². The highest BCUT2D eigenvalue weighted by molar-refractivity contribution is 7.80. The molecule has 0 aliphatic rings. The van der Waals surface area contributed by atoms with Crippen LogP contribution in [0, 0.1) is 5.82 Å². The molecule has 0 saturated heterocycles. The molecular weight excluding hydrogens is 239 g/mol.